The van der Waals surface area contributed by atoms with Crippen LogP contribution in [0.3, 0.4) is 0 Å². The minimum absolute atomic E-state index is 0.0500. The van der Waals surface area contributed by atoms with Crippen molar-refractivity contribution in [2.24, 2.45) is 5.41 Å². The maximum absolute atomic E-state index is 13.3. The molecule has 0 aromatic carbocycles. The fraction of sp³-hybridized carbons (Fsp3) is 0.250. The summed E-state index contributed by atoms with van der Waals surface area (Å²) in [5.41, 5.74) is 3.74. The summed E-state index contributed by atoms with van der Waals surface area (Å²) in [6.07, 6.45) is 13.7. The number of halogens is 1. The lowest BCUT2D eigenvalue weighted by atomic mass is 9.80. The number of allylic oxidation sites excluding steroid dienone is 4. The molecule has 1 aliphatic carbocycles. The smallest absolute Gasteiger partial charge is 0.162 e. The molecule has 1 atom stereocenters. The predicted molar refractivity (Wildman–Crippen MR) is 144 cm³/mol. The van der Waals surface area contributed by atoms with E-state index in [0.29, 0.717) is 17.5 Å². The second kappa shape index (κ2) is 9.33. The van der Waals surface area contributed by atoms with Crippen molar-refractivity contribution in [3.63, 3.8) is 0 Å². The third-order valence-electron chi connectivity index (χ3n) is 6.92. The highest BCUT2D eigenvalue weighted by atomic mass is 19.1. The average molecular weight is 495 g/mol. The van der Waals surface area contributed by atoms with Gasteiger partial charge in [0.1, 0.15) is 23.3 Å². The number of rotatable bonds is 6. The maximum Gasteiger partial charge on any atom is 0.162 e. The second-order valence-corrected chi connectivity index (χ2v) is 10.0. The zero-order valence-corrected chi connectivity index (χ0v) is 20.7. The first kappa shape index (κ1) is 23.2. The first-order chi connectivity index (χ1) is 18.0. The van der Waals surface area contributed by atoms with Gasteiger partial charge in [-0.1, -0.05) is 32.1 Å². The van der Waals surface area contributed by atoms with Crippen molar-refractivity contribution in [3.05, 3.63) is 78.7 Å². The molecular formula is C28H27FN8. The Morgan fingerprint density at radius 3 is 2.70 bits per heavy atom. The SMILES string of the molecule is CC1(C)CNCC[C@@H]1Nc1nc(-c2ccnc(Nc3ccc(F)cn3)c2)nc2cncc(C3=CC=C3)c12. The summed E-state index contributed by atoms with van der Waals surface area (Å²) in [6, 6.07) is 6.89. The Kier molecular flexibility index (Phi) is 5.84. The molecule has 4 aromatic rings. The van der Waals surface area contributed by atoms with Crippen LogP contribution >= 0.6 is 0 Å². The summed E-state index contributed by atoms with van der Waals surface area (Å²) in [7, 11) is 0. The van der Waals surface area contributed by atoms with E-state index in [9.17, 15) is 4.39 Å². The molecule has 1 aliphatic heterocycles. The molecule has 5 heterocycles. The molecule has 0 amide bonds. The lowest BCUT2D eigenvalue weighted by molar-refractivity contribution is 0.236. The van der Waals surface area contributed by atoms with Crippen molar-refractivity contribution in [3.8, 4) is 11.4 Å². The summed E-state index contributed by atoms with van der Waals surface area (Å²) in [5.74, 6) is 2.03. The van der Waals surface area contributed by atoms with Gasteiger partial charge in [-0.3, -0.25) is 4.98 Å². The van der Waals surface area contributed by atoms with E-state index in [1.54, 1.807) is 18.5 Å². The van der Waals surface area contributed by atoms with E-state index in [1.807, 2.05) is 24.4 Å². The van der Waals surface area contributed by atoms with Crippen molar-refractivity contribution in [2.45, 2.75) is 26.3 Å². The molecule has 4 aromatic heterocycles. The van der Waals surface area contributed by atoms with Crippen LogP contribution in [-0.4, -0.2) is 44.1 Å². The van der Waals surface area contributed by atoms with Gasteiger partial charge in [0.15, 0.2) is 5.82 Å². The summed E-state index contributed by atoms with van der Waals surface area (Å²) in [6.45, 7) is 6.42. The molecule has 37 heavy (non-hydrogen) atoms. The minimum atomic E-state index is -0.394. The number of nitrogens with one attached hydrogen (secondary N) is 3. The topological polar surface area (TPSA) is 101 Å². The highest BCUT2D eigenvalue weighted by molar-refractivity contribution is 6.02. The van der Waals surface area contributed by atoms with Crippen LogP contribution in [-0.2, 0) is 0 Å². The number of hydrogen-bond donors (Lipinski definition) is 3. The van der Waals surface area contributed by atoms with E-state index >= 15 is 0 Å². The van der Waals surface area contributed by atoms with E-state index in [2.05, 4.69) is 56.9 Å². The molecule has 8 nitrogen and oxygen atoms in total. The normalized spacial score (nSPS) is 18.2. The van der Waals surface area contributed by atoms with E-state index in [1.165, 1.54) is 6.07 Å². The number of fused-ring (bicyclic) bond motifs is 1. The van der Waals surface area contributed by atoms with Gasteiger partial charge in [-0.05, 0) is 48.2 Å². The Morgan fingerprint density at radius 1 is 1.05 bits per heavy atom. The summed E-state index contributed by atoms with van der Waals surface area (Å²) in [4.78, 5) is 22.9. The fourth-order valence-electron chi connectivity index (χ4n) is 4.73. The first-order valence-corrected chi connectivity index (χ1v) is 12.3. The number of pyridine rings is 3. The Balaban J connectivity index is 1.43. The average Bonchev–Trinajstić information content (AvgIpc) is 2.86. The number of piperidine rings is 1. The standard InChI is InChI=1S/C28H27FN8/c1-28(2)16-30-10-9-22(28)35-27-25-20(17-4-3-5-17)14-31-15-21(25)34-26(37-27)18-8-11-32-24(12-18)36-23-7-6-19(29)13-33-23/h3-8,11-15,22,30H,9-10,16H2,1-2H3,(H,32,33,36)(H,34,35,37)/t22-/m0/s1. The van der Waals surface area contributed by atoms with Crippen LogP contribution in [0.4, 0.5) is 21.8 Å². The lowest BCUT2D eigenvalue weighted by Crippen LogP contribution is -2.49. The van der Waals surface area contributed by atoms with Crippen LogP contribution in [0.2, 0.25) is 0 Å². The van der Waals surface area contributed by atoms with E-state index < -0.39 is 5.82 Å². The van der Waals surface area contributed by atoms with E-state index in [4.69, 9.17) is 9.97 Å². The monoisotopic (exact) mass is 494 g/mol. The Morgan fingerprint density at radius 2 is 1.95 bits per heavy atom. The van der Waals surface area contributed by atoms with Gasteiger partial charge >= 0.3 is 0 Å². The van der Waals surface area contributed by atoms with Gasteiger partial charge < -0.3 is 16.0 Å². The summed E-state index contributed by atoms with van der Waals surface area (Å²) in [5, 5.41) is 11.4. The van der Waals surface area contributed by atoms with Crippen LogP contribution in [0.1, 0.15) is 25.8 Å². The molecule has 3 N–H and O–H groups in total. The largest absolute Gasteiger partial charge is 0.366 e. The van der Waals surface area contributed by atoms with Gasteiger partial charge in [-0.2, -0.15) is 0 Å². The molecule has 6 rings (SSSR count). The van der Waals surface area contributed by atoms with Gasteiger partial charge in [-0.25, -0.2) is 24.3 Å². The number of hydrogen-bond acceptors (Lipinski definition) is 8. The molecule has 0 spiro atoms. The van der Waals surface area contributed by atoms with Crippen molar-refractivity contribution < 1.29 is 4.39 Å². The van der Waals surface area contributed by atoms with Crippen LogP contribution in [0.5, 0.6) is 0 Å². The molecular weight excluding hydrogens is 467 g/mol. The predicted octanol–water partition coefficient (Wildman–Crippen LogP) is 5.12. The van der Waals surface area contributed by atoms with Crippen LogP contribution < -0.4 is 16.0 Å². The van der Waals surface area contributed by atoms with Crippen molar-refractivity contribution in [1.82, 2.24) is 30.2 Å². The van der Waals surface area contributed by atoms with Gasteiger partial charge in [0, 0.05) is 36.1 Å². The van der Waals surface area contributed by atoms with Crippen molar-refractivity contribution in [1.29, 1.82) is 0 Å². The van der Waals surface area contributed by atoms with Crippen molar-refractivity contribution >= 4 is 33.9 Å². The molecule has 0 saturated carbocycles. The zero-order chi connectivity index (χ0) is 25.4. The molecule has 9 heteroatoms. The Hall–Kier alpha value is -4.24. The highest BCUT2D eigenvalue weighted by Gasteiger charge is 2.33. The number of nitrogens with zero attached hydrogens (tertiary/aromatic N) is 5. The third-order valence-corrected chi connectivity index (χ3v) is 6.92. The van der Waals surface area contributed by atoms with E-state index in [0.717, 1.165) is 59.1 Å². The van der Waals surface area contributed by atoms with Crippen LogP contribution in [0.15, 0.2) is 67.3 Å². The zero-order valence-electron chi connectivity index (χ0n) is 20.7. The molecule has 0 bridgehead atoms. The van der Waals surface area contributed by atoms with Crippen LogP contribution in [0, 0.1) is 11.2 Å². The summed E-state index contributed by atoms with van der Waals surface area (Å²) < 4.78 is 13.3. The van der Waals surface area contributed by atoms with Crippen molar-refractivity contribution in [2.75, 3.05) is 23.7 Å². The first-order valence-electron chi connectivity index (χ1n) is 12.3. The highest BCUT2D eigenvalue weighted by Crippen LogP contribution is 2.36. The van der Waals surface area contributed by atoms with Crippen LogP contribution in [0.25, 0.3) is 27.9 Å². The Labute approximate surface area is 214 Å². The Bertz CT molecular complexity index is 1530. The maximum atomic E-state index is 13.3. The molecule has 1 saturated heterocycles. The quantitative estimate of drug-likeness (QED) is 0.340. The number of anilines is 3. The number of aromatic nitrogens is 5. The van der Waals surface area contributed by atoms with Gasteiger partial charge in [0.2, 0.25) is 0 Å². The summed E-state index contributed by atoms with van der Waals surface area (Å²) >= 11 is 0. The lowest BCUT2D eigenvalue weighted by Gasteiger charge is -2.40. The molecule has 0 radical (unpaired) electrons. The third kappa shape index (κ3) is 4.65. The van der Waals surface area contributed by atoms with Gasteiger partial charge in [0.25, 0.3) is 0 Å². The molecule has 2 aliphatic rings. The van der Waals surface area contributed by atoms with E-state index in [-0.39, 0.29) is 11.5 Å². The van der Waals surface area contributed by atoms with Gasteiger partial charge in [-0.15, -0.1) is 0 Å². The fourth-order valence-corrected chi connectivity index (χ4v) is 4.73. The molecule has 1 fully saturated rings. The van der Waals surface area contributed by atoms with Gasteiger partial charge in [0.05, 0.1) is 23.3 Å². The second-order valence-electron chi connectivity index (χ2n) is 10.0. The molecule has 0 unspecified atom stereocenters. The molecule has 186 valence electrons. The minimum Gasteiger partial charge on any atom is -0.366 e.